The fraction of sp³-hybridized carbons (Fsp3) is 0.333. The van der Waals surface area contributed by atoms with Gasteiger partial charge in [0.1, 0.15) is 5.88 Å². The summed E-state index contributed by atoms with van der Waals surface area (Å²) in [6.07, 6.45) is 0. The minimum atomic E-state index is -0.273. The highest BCUT2D eigenvalue weighted by atomic mass is 79.9. The summed E-state index contributed by atoms with van der Waals surface area (Å²) in [5.41, 5.74) is 0.759. The number of carbonyl (C=O) groups excluding carboxylic acids is 2. The van der Waals surface area contributed by atoms with Crippen LogP contribution in [0.5, 0.6) is 0 Å². The van der Waals surface area contributed by atoms with Gasteiger partial charge in [0.2, 0.25) is 11.8 Å². The number of likely N-dealkylation sites (N-methyl/N-ethyl adjacent to an activating group) is 2. The van der Waals surface area contributed by atoms with E-state index in [1.165, 1.54) is 9.80 Å². The first-order valence-corrected chi connectivity index (χ1v) is 6.61. The van der Waals surface area contributed by atoms with Gasteiger partial charge in [-0.3, -0.25) is 9.59 Å². The first-order chi connectivity index (χ1) is 8.47. The lowest BCUT2D eigenvalue weighted by atomic mass is 10.3. The van der Waals surface area contributed by atoms with Crippen molar-refractivity contribution in [2.45, 2.75) is 0 Å². The number of carbonyl (C=O) groups is 2. The molecule has 2 amide bonds. The summed E-state index contributed by atoms with van der Waals surface area (Å²) in [6.45, 7) is 0.00336. The molecule has 0 saturated carbocycles. The molecule has 0 bridgehead atoms. The smallest absolute Gasteiger partial charge is 0.246 e. The first-order valence-electron chi connectivity index (χ1n) is 5.28. The SMILES string of the molecule is CN(CC(=O)N(C)c1ccccc1Br)C(=O)CCl. The molecule has 1 aromatic carbocycles. The molecule has 0 aromatic heterocycles. The number of para-hydroxylation sites is 1. The molecule has 1 rings (SSSR count). The number of hydrogen-bond acceptors (Lipinski definition) is 2. The Labute approximate surface area is 120 Å². The number of nitrogens with zero attached hydrogens (tertiary/aromatic N) is 2. The summed E-state index contributed by atoms with van der Waals surface area (Å²) in [5, 5.41) is 0. The van der Waals surface area contributed by atoms with Crippen LogP contribution in [0.1, 0.15) is 0 Å². The van der Waals surface area contributed by atoms with Crippen LogP contribution in [-0.4, -0.2) is 43.2 Å². The van der Waals surface area contributed by atoms with Crippen molar-refractivity contribution in [3.63, 3.8) is 0 Å². The third kappa shape index (κ3) is 3.71. The van der Waals surface area contributed by atoms with Crippen molar-refractivity contribution < 1.29 is 9.59 Å². The predicted molar refractivity (Wildman–Crippen MR) is 75.9 cm³/mol. The molecule has 18 heavy (non-hydrogen) atoms. The number of amides is 2. The van der Waals surface area contributed by atoms with Crippen LogP contribution in [0, 0.1) is 0 Å². The van der Waals surface area contributed by atoms with Crippen molar-refractivity contribution in [3.8, 4) is 0 Å². The fourth-order valence-corrected chi connectivity index (χ4v) is 2.11. The quantitative estimate of drug-likeness (QED) is 0.792. The van der Waals surface area contributed by atoms with Gasteiger partial charge in [0.25, 0.3) is 0 Å². The molecule has 0 saturated heterocycles. The number of anilines is 1. The Hall–Kier alpha value is -1.07. The largest absolute Gasteiger partial charge is 0.335 e. The normalized spacial score (nSPS) is 10.0. The van der Waals surface area contributed by atoms with Gasteiger partial charge in [-0.05, 0) is 28.1 Å². The van der Waals surface area contributed by atoms with Gasteiger partial charge in [0.15, 0.2) is 0 Å². The van der Waals surface area contributed by atoms with E-state index in [4.69, 9.17) is 11.6 Å². The van der Waals surface area contributed by atoms with Gasteiger partial charge in [-0.1, -0.05) is 12.1 Å². The second-order valence-corrected chi connectivity index (χ2v) is 4.91. The van der Waals surface area contributed by atoms with Crippen molar-refractivity contribution in [1.82, 2.24) is 4.90 Å². The number of rotatable bonds is 4. The monoisotopic (exact) mass is 332 g/mol. The summed E-state index contributed by atoms with van der Waals surface area (Å²) in [4.78, 5) is 26.1. The zero-order valence-electron chi connectivity index (χ0n) is 10.2. The van der Waals surface area contributed by atoms with Gasteiger partial charge < -0.3 is 9.80 Å². The maximum atomic E-state index is 12.0. The van der Waals surface area contributed by atoms with Gasteiger partial charge in [-0.15, -0.1) is 11.6 Å². The van der Waals surface area contributed by atoms with Crippen LogP contribution in [-0.2, 0) is 9.59 Å². The molecule has 4 nitrogen and oxygen atoms in total. The topological polar surface area (TPSA) is 40.6 Å². The molecule has 0 heterocycles. The predicted octanol–water partition coefficient (Wildman–Crippen LogP) is 2.11. The van der Waals surface area contributed by atoms with Gasteiger partial charge >= 0.3 is 0 Å². The standard InChI is InChI=1S/C12H14BrClN2O2/c1-15(11(17)7-14)8-12(18)16(2)10-6-4-3-5-9(10)13/h3-6H,7-8H2,1-2H3. The fourth-order valence-electron chi connectivity index (χ4n) is 1.36. The highest BCUT2D eigenvalue weighted by molar-refractivity contribution is 9.10. The van der Waals surface area contributed by atoms with E-state index < -0.39 is 0 Å². The van der Waals surface area contributed by atoms with E-state index in [0.29, 0.717) is 0 Å². The number of halogens is 2. The molecule has 0 atom stereocenters. The molecular weight excluding hydrogens is 320 g/mol. The molecular formula is C12H14BrClN2O2. The Kier molecular flexibility index (Phi) is 5.62. The lowest BCUT2D eigenvalue weighted by molar-refractivity contribution is -0.131. The summed E-state index contributed by atoms with van der Waals surface area (Å²) in [6, 6.07) is 7.39. The summed E-state index contributed by atoms with van der Waals surface area (Å²) < 4.78 is 0.826. The Morgan fingerprint density at radius 3 is 2.39 bits per heavy atom. The van der Waals surface area contributed by atoms with Gasteiger partial charge in [0.05, 0.1) is 12.2 Å². The van der Waals surface area contributed by atoms with E-state index in [1.807, 2.05) is 24.3 Å². The van der Waals surface area contributed by atoms with Crippen LogP contribution in [0.3, 0.4) is 0 Å². The van der Waals surface area contributed by atoms with Crippen molar-refractivity contribution in [2.24, 2.45) is 0 Å². The summed E-state index contributed by atoms with van der Waals surface area (Å²) >= 11 is 8.81. The van der Waals surface area contributed by atoms with Gasteiger partial charge in [0, 0.05) is 18.6 Å². The number of alkyl halides is 1. The van der Waals surface area contributed by atoms with Crippen LogP contribution in [0.2, 0.25) is 0 Å². The molecule has 1 aromatic rings. The summed E-state index contributed by atoms with van der Waals surface area (Å²) in [5.74, 6) is -0.573. The maximum absolute atomic E-state index is 12.0. The van der Waals surface area contributed by atoms with Crippen LogP contribution in [0.15, 0.2) is 28.7 Å². The Morgan fingerprint density at radius 1 is 1.22 bits per heavy atom. The molecule has 6 heteroatoms. The Balaban J connectivity index is 2.74. The molecule has 98 valence electrons. The van der Waals surface area contributed by atoms with E-state index >= 15 is 0 Å². The molecule has 0 aliphatic rings. The molecule has 0 fully saturated rings. The Bertz CT molecular complexity index is 453. The average molecular weight is 334 g/mol. The van der Waals surface area contributed by atoms with Crippen molar-refractivity contribution in [3.05, 3.63) is 28.7 Å². The van der Waals surface area contributed by atoms with Crippen LogP contribution < -0.4 is 4.90 Å². The first kappa shape index (κ1) is 15.0. The zero-order chi connectivity index (χ0) is 13.7. The van der Waals surface area contributed by atoms with E-state index in [-0.39, 0.29) is 24.2 Å². The average Bonchev–Trinajstić information content (AvgIpc) is 2.37. The van der Waals surface area contributed by atoms with Crippen LogP contribution in [0.25, 0.3) is 0 Å². The lowest BCUT2D eigenvalue weighted by Crippen LogP contribution is -2.40. The molecule has 0 N–H and O–H groups in total. The van der Waals surface area contributed by atoms with Gasteiger partial charge in [-0.25, -0.2) is 0 Å². The molecule has 0 aliphatic carbocycles. The minimum Gasteiger partial charge on any atom is -0.335 e. The molecule has 0 radical (unpaired) electrons. The second-order valence-electron chi connectivity index (χ2n) is 3.79. The molecule has 0 unspecified atom stereocenters. The minimum absolute atomic E-state index is 0.00336. The highest BCUT2D eigenvalue weighted by Gasteiger charge is 2.17. The van der Waals surface area contributed by atoms with Crippen molar-refractivity contribution >= 4 is 45.0 Å². The molecule has 0 spiro atoms. The van der Waals surface area contributed by atoms with Gasteiger partial charge in [-0.2, -0.15) is 0 Å². The van der Waals surface area contributed by atoms with E-state index in [2.05, 4.69) is 15.9 Å². The van der Waals surface area contributed by atoms with Crippen molar-refractivity contribution in [1.29, 1.82) is 0 Å². The van der Waals surface area contributed by atoms with E-state index in [9.17, 15) is 9.59 Å². The zero-order valence-corrected chi connectivity index (χ0v) is 12.5. The Morgan fingerprint density at radius 2 is 1.83 bits per heavy atom. The second kappa shape index (κ2) is 6.75. The number of benzene rings is 1. The van der Waals surface area contributed by atoms with Crippen LogP contribution in [0.4, 0.5) is 5.69 Å². The van der Waals surface area contributed by atoms with E-state index in [0.717, 1.165) is 10.2 Å². The number of hydrogen-bond donors (Lipinski definition) is 0. The van der Waals surface area contributed by atoms with E-state index in [1.54, 1.807) is 14.1 Å². The summed E-state index contributed by atoms with van der Waals surface area (Å²) in [7, 11) is 3.22. The molecule has 0 aliphatic heterocycles. The highest BCUT2D eigenvalue weighted by Crippen LogP contribution is 2.24. The lowest BCUT2D eigenvalue weighted by Gasteiger charge is -2.22. The maximum Gasteiger partial charge on any atom is 0.246 e. The third-order valence-electron chi connectivity index (χ3n) is 2.50. The third-order valence-corrected chi connectivity index (χ3v) is 3.40. The van der Waals surface area contributed by atoms with Crippen molar-refractivity contribution in [2.75, 3.05) is 31.4 Å². The van der Waals surface area contributed by atoms with Crippen LogP contribution >= 0.6 is 27.5 Å².